The van der Waals surface area contributed by atoms with E-state index in [9.17, 15) is 4.79 Å². The zero-order valence-electron chi connectivity index (χ0n) is 13.7. The Morgan fingerprint density at radius 3 is 2.72 bits per heavy atom. The van der Waals surface area contributed by atoms with Crippen molar-refractivity contribution in [1.29, 1.82) is 0 Å². The number of anilines is 4. The zero-order chi connectivity index (χ0) is 17.8. The fourth-order valence-electron chi connectivity index (χ4n) is 2.24. The molecule has 0 fully saturated rings. The van der Waals surface area contributed by atoms with Gasteiger partial charge in [-0.3, -0.25) is 4.79 Å². The highest BCUT2D eigenvalue weighted by atomic mass is 35.5. The van der Waals surface area contributed by atoms with Crippen LogP contribution in [-0.2, 0) is 0 Å². The van der Waals surface area contributed by atoms with Gasteiger partial charge in [-0.1, -0.05) is 29.8 Å². The van der Waals surface area contributed by atoms with Crippen LogP contribution in [0.2, 0.25) is 5.02 Å². The van der Waals surface area contributed by atoms with Gasteiger partial charge >= 0.3 is 0 Å². The third-order valence-electron chi connectivity index (χ3n) is 3.61. The second-order valence-electron chi connectivity index (χ2n) is 5.46. The highest BCUT2D eigenvalue weighted by Crippen LogP contribution is 2.25. The predicted molar refractivity (Wildman–Crippen MR) is 99.0 cm³/mol. The van der Waals surface area contributed by atoms with E-state index in [-0.39, 0.29) is 5.78 Å². The third kappa shape index (κ3) is 4.10. The van der Waals surface area contributed by atoms with Crippen LogP contribution in [0.5, 0.6) is 0 Å². The molecule has 6 nitrogen and oxygen atoms in total. The molecule has 7 heteroatoms. The van der Waals surface area contributed by atoms with Gasteiger partial charge in [0.05, 0.1) is 6.20 Å². The fourth-order valence-corrected chi connectivity index (χ4v) is 2.42. The second kappa shape index (κ2) is 7.27. The van der Waals surface area contributed by atoms with E-state index < -0.39 is 0 Å². The smallest absolute Gasteiger partial charge is 0.249 e. The van der Waals surface area contributed by atoms with Gasteiger partial charge in [0.25, 0.3) is 0 Å². The molecule has 2 aromatic carbocycles. The number of aromatic nitrogens is 3. The van der Waals surface area contributed by atoms with Crippen LogP contribution in [0.15, 0.2) is 48.7 Å². The summed E-state index contributed by atoms with van der Waals surface area (Å²) in [7, 11) is 0. The van der Waals surface area contributed by atoms with Crippen molar-refractivity contribution < 1.29 is 4.79 Å². The van der Waals surface area contributed by atoms with E-state index in [2.05, 4.69) is 25.8 Å². The molecule has 126 valence electrons. The van der Waals surface area contributed by atoms with Gasteiger partial charge in [0.1, 0.15) is 0 Å². The van der Waals surface area contributed by atoms with Gasteiger partial charge in [0.2, 0.25) is 5.95 Å². The van der Waals surface area contributed by atoms with Crippen molar-refractivity contribution in [2.24, 2.45) is 0 Å². The molecule has 0 spiro atoms. The molecular weight excluding hydrogens is 338 g/mol. The molecule has 0 atom stereocenters. The largest absolute Gasteiger partial charge is 0.339 e. The lowest BCUT2D eigenvalue weighted by atomic mass is 10.1. The van der Waals surface area contributed by atoms with Crippen molar-refractivity contribution in [3.05, 3.63) is 64.8 Å². The first-order chi connectivity index (χ1) is 12.0. The van der Waals surface area contributed by atoms with E-state index in [1.165, 1.54) is 13.1 Å². The molecule has 25 heavy (non-hydrogen) atoms. The maximum atomic E-state index is 11.5. The maximum absolute atomic E-state index is 11.5. The van der Waals surface area contributed by atoms with Crippen LogP contribution >= 0.6 is 11.6 Å². The molecule has 0 amide bonds. The number of Topliss-reactive ketones (excluding diaryl/α,β-unsaturated/α-hetero) is 1. The zero-order valence-corrected chi connectivity index (χ0v) is 14.5. The van der Waals surface area contributed by atoms with Crippen molar-refractivity contribution in [2.75, 3.05) is 10.6 Å². The van der Waals surface area contributed by atoms with Gasteiger partial charge in [0, 0.05) is 22.0 Å². The summed E-state index contributed by atoms with van der Waals surface area (Å²) in [4.78, 5) is 15.9. The molecule has 1 heterocycles. The first-order valence-corrected chi connectivity index (χ1v) is 8.00. The van der Waals surface area contributed by atoms with Crippen LogP contribution in [0, 0.1) is 6.92 Å². The average Bonchev–Trinajstić information content (AvgIpc) is 2.59. The Kier molecular flexibility index (Phi) is 4.90. The summed E-state index contributed by atoms with van der Waals surface area (Å²) in [6.07, 6.45) is 1.51. The number of ketones is 1. The molecule has 0 unspecified atom stereocenters. The Bertz CT molecular complexity index is 929. The van der Waals surface area contributed by atoms with Crippen molar-refractivity contribution in [2.45, 2.75) is 13.8 Å². The molecule has 2 N–H and O–H groups in total. The molecule has 3 rings (SSSR count). The number of nitrogens with one attached hydrogen (secondary N) is 2. The molecular formula is C18H16ClN5O. The highest BCUT2D eigenvalue weighted by Gasteiger charge is 2.07. The van der Waals surface area contributed by atoms with Crippen molar-refractivity contribution in [1.82, 2.24) is 15.2 Å². The Morgan fingerprint density at radius 1 is 1.12 bits per heavy atom. The summed E-state index contributed by atoms with van der Waals surface area (Å²) in [6.45, 7) is 3.44. The van der Waals surface area contributed by atoms with Gasteiger partial charge in [0.15, 0.2) is 11.6 Å². The topological polar surface area (TPSA) is 79.8 Å². The van der Waals surface area contributed by atoms with Gasteiger partial charge in [-0.15, -0.1) is 5.10 Å². The number of hydrogen-bond acceptors (Lipinski definition) is 6. The van der Waals surface area contributed by atoms with Crippen LogP contribution in [0.1, 0.15) is 22.8 Å². The minimum absolute atomic E-state index is 0.00301. The standard InChI is InChI=1S/C18H16ClN5O/c1-11-15(19)7-4-8-16(11)22-18-23-17(10-20-24-18)21-14-6-3-5-13(9-14)12(2)25/h3-10H,1-2H3,(H2,21,22,23,24). The van der Waals surface area contributed by atoms with Crippen LogP contribution in [0.3, 0.4) is 0 Å². The molecule has 0 aliphatic carbocycles. The lowest BCUT2D eigenvalue weighted by Crippen LogP contribution is -2.03. The molecule has 0 saturated carbocycles. The Labute approximate surface area is 150 Å². The summed E-state index contributed by atoms with van der Waals surface area (Å²) in [5.74, 6) is 0.860. The van der Waals surface area contributed by atoms with E-state index in [0.717, 1.165) is 16.9 Å². The Hall–Kier alpha value is -2.99. The summed E-state index contributed by atoms with van der Waals surface area (Å²) in [5, 5.41) is 14.8. The summed E-state index contributed by atoms with van der Waals surface area (Å²) >= 11 is 6.12. The van der Waals surface area contributed by atoms with E-state index in [0.29, 0.717) is 22.4 Å². The van der Waals surface area contributed by atoms with Crippen LogP contribution in [0.4, 0.5) is 23.1 Å². The number of carbonyl (C=O) groups excluding carboxylic acids is 1. The number of hydrogen-bond donors (Lipinski definition) is 2. The summed E-state index contributed by atoms with van der Waals surface area (Å²) in [6, 6.07) is 12.7. The fraction of sp³-hybridized carbons (Fsp3) is 0.111. The van der Waals surface area contributed by atoms with Gasteiger partial charge < -0.3 is 10.6 Å². The average molecular weight is 354 g/mol. The lowest BCUT2D eigenvalue weighted by molar-refractivity contribution is 0.101. The normalized spacial score (nSPS) is 10.4. The molecule has 0 saturated heterocycles. The molecule has 0 aliphatic heterocycles. The van der Waals surface area contributed by atoms with Gasteiger partial charge in [-0.2, -0.15) is 10.1 Å². The molecule has 3 aromatic rings. The first-order valence-electron chi connectivity index (χ1n) is 7.63. The van der Waals surface area contributed by atoms with E-state index in [1.807, 2.05) is 37.3 Å². The molecule has 0 radical (unpaired) electrons. The van der Waals surface area contributed by atoms with Crippen LogP contribution in [0.25, 0.3) is 0 Å². The Balaban J connectivity index is 1.81. The molecule has 0 aliphatic rings. The van der Waals surface area contributed by atoms with Gasteiger partial charge in [-0.25, -0.2) is 0 Å². The SMILES string of the molecule is CC(=O)c1cccc(Nc2cnnc(Nc3cccc(Cl)c3C)n2)c1. The number of rotatable bonds is 5. The molecule has 1 aromatic heterocycles. The van der Waals surface area contributed by atoms with Crippen molar-refractivity contribution >= 4 is 40.5 Å². The molecule has 0 bridgehead atoms. The summed E-state index contributed by atoms with van der Waals surface area (Å²) in [5.41, 5.74) is 3.09. The number of carbonyl (C=O) groups is 1. The van der Waals surface area contributed by atoms with E-state index in [4.69, 9.17) is 11.6 Å². The highest BCUT2D eigenvalue weighted by molar-refractivity contribution is 6.31. The van der Waals surface area contributed by atoms with Crippen LogP contribution in [-0.4, -0.2) is 21.0 Å². The van der Waals surface area contributed by atoms with Crippen molar-refractivity contribution in [3.8, 4) is 0 Å². The van der Waals surface area contributed by atoms with Crippen LogP contribution < -0.4 is 10.6 Å². The Morgan fingerprint density at radius 2 is 1.92 bits per heavy atom. The van der Waals surface area contributed by atoms with Crippen molar-refractivity contribution in [3.63, 3.8) is 0 Å². The lowest BCUT2D eigenvalue weighted by Gasteiger charge is -2.10. The van der Waals surface area contributed by atoms with Gasteiger partial charge in [-0.05, 0) is 43.7 Å². The number of halogens is 1. The van der Waals surface area contributed by atoms with E-state index >= 15 is 0 Å². The summed E-state index contributed by atoms with van der Waals surface area (Å²) < 4.78 is 0. The predicted octanol–water partition coefficient (Wildman–Crippen LogP) is 4.52. The minimum atomic E-state index is 0.00301. The minimum Gasteiger partial charge on any atom is -0.339 e. The quantitative estimate of drug-likeness (QED) is 0.656. The van der Waals surface area contributed by atoms with E-state index in [1.54, 1.807) is 12.1 Å². The third-order valence-corrected chi connectivity index (χ3v) is 4.02. The number of nitrogens with zero attached hydrogens (tertiary/aromatic N) is 3. The monoisotopic (exact) mass is 353 g/mol. The first kappa shape index (κ1) is 16.9. The second-order valence-corrected chi connectivity index (χ2v) is 5.87. The number of benzene rings is 2. The maximum Gasteiger partial charge on any atom is 0.249 e.